The van der Waals surface area contributed by atoms with Gasteiger partial charge in [-0.2, -0.15) is 0 Å². The van der Waals surface area contributed by atoms with Gasteiger partial charge in [0.2, 0.25) is 5.91 Å². The van der Waals surface area contributed by atoms with Gasteiger partial charge in [0.15, 0.2) is 5.16 Å². The first-order chi connectivity index (χ1) is 11.1. The van der Waals surface area contributed by atoms with Crippen LogP contribution in [0.5, 0.6) is 0 Å². The molecule has 3 rings (SSSR count). The Morgan fingerprint density at radius 1 is 1.22 bits per heavy atom. The lowest BCUT2D eigenvalue weighted by atomic mass is 10.1. The average Bonchev–Trinajstić information content (AvgIpc) is 2.90. The van der Waals surface area contributed by atoms with Crippen LogP contribution in [0.2, 0.25) is 0 Å². The third-order valence-electron chi connectivity index (χ3n) is 4.20. The summed E-state index contributed by atoms with van der Waals surface area (Å²) in [6.45, 7) is 7.69. The lowest BCUT2D eigenvalue weighted by molar-refractivity contribution is -0.119. The van der Waals surface area contributed by atoms with Gasteiger partial charge in [-0.3, -0.25) is 4.79 Å². The first-order valence-corrected chi connectivity index (χ1v) is 8.92. The van der Waals surface area contributed by atoms with Crippen LogP contribution in [0.25, 0.3) is 0 Å². The van der Waals surface area contributed by atoms with Gasteiger partial charge in [0, 0.05) is 18.8 Å². The van der Waals surface area contributed by atoms with Gasteiger partial charge in [0.1, 0.15) is 5.82 Å². The van der Waals surface area contributed by atoms with Crippen LogP contribution in [-0.4, -0.2) is 32.5 Å². The predicted octanol–water partition coefficient (Wildman–Crippen LogP) is 3.20. The van der Waals surface area contributed by atoms with Crippen molar-refractivity contribution in [2.24, 2.45) is 0 Å². The van der Waals surface area contributed by atoms with E-state index in [-0.39, 0.29) is 11.2 Å². The van der Waals surface area contributed by atoms with E-state index in [4.69, 9.17) is 0 Å². The Kier molecular flexibility index (Phi) is 4.71. The Bertz CT molecular complexity index is 695. The standard InChI is InChI=1S/C17H22N4OS/c1-4-20-13(3)18-19-17(20)23-15-6-5-11-21(16(15)22)14-9-7-12(2)8-10-14/h7-10,15H,4-6,11H2,1-3H3. The molecule has 1 aliphatic heterocycles. The number of aromatic nitrogens is 3. The van der Waals surface area contributed by atoms with Gasteiger partial charge in [0.05, 0.1) is 5.25 Å². The lowest BCUT2D eigenvalue weighted by Crippen LogP contribution is -2.43. The molecule has 1 unspecified atom stereocenters. The van der Waals surface area contributed by atoms with Crippen molar-refractivity contribution in [2.45, 2.75) is 50.6 Å². The number of nitrogens with zero attached hydrogens (tertiary/aromatic N) is 4. The van der Waals surface area contributed by atoms with Gasteiger partial charge >= 0.3 is 0 Å². The van der Waals surface area contributed by atoms with E-state index in [1.165, 1.54) is 5.56 Å². The summed E-state index contributed by atoms with van der Waals surface area (Å²) in [5.41, 5.74) is 2.19. The fourth-order valence-corrected chi connectivity index (χ4v) is 4.12. The zero-order valence-electron chi connectivity index (χ0n) is 13.8. The summed E-state index contributed by atoms with van der Waals surface area (Å²) in [6, 6.07) is 8.16. The van der Waals surface area contributed by atoms with Crippen molar-refractivity contribution in [2.75, 3.05) is 11.4 Å². The molecule has 1 saturated heterocycles. The summed E-state index contributed by atoms with van der Waals surface area (Å²) >= 11 is 1.54. The summed E-state index contributed by atoms with van der Waals surface area (Å²) in [5, 5.41) is 9.12. The molecule has 0 spiro atoms. The number of carbonyl (C=O) groups is 1. The van der Waals surface area contributed by atoms with Crippen LogP contribution in [0, 0.1) is 13.8 Å². The van der Waals surface area contributed by atoms with E-state index in [0.717, 1.165) is 42.6 Å². The van der Waals surface area contributed by atoms with Crippen molar-refractivity contribution >= 4 is 23.4 Å². The van der Waals surface area contributed by atoms with E-state index >= 15 is 0 Å². The Hall–Kier alpha value is -1.82. The molecule has 5 nitrogen and oxygen atoms in total. The van der Waals surface area contributed by atoms with E-state index in [0.29, 0.717) is 0 Å². The van der Waals surface area contributed by atoms with Crippen LogP contribution in [-0.2, 0) is 11.3 Å². The molecule has 6 heteroatoms. The molecule has 0 bridgehead atoms. The maximum absolute atomic E-state index is 12.9. The van der Waals surface area contributed by atoms with E-state index in [9.17, 15) is 4.79 Å². The van der Waals surface area contributed by atoms with Crippen LogP contribution >= 0.6 is 11.8 Å². The Labute approximate surface area is 141 Å². The molecule has 1 aromatic heterocycles. The highest BCUT2D eigenvalue weighted by Gasteiger charge is 2.31. The molecule has 1 atom stereocenters. The van der Waals surface area contributed by atoms with Gasteiger partial charge in [-0.15, -0.1) is 10.2 Å². The van der Waals surface area contributed by atoms with Crippen LogP contribution in [0.4, 0.5) is 5.69 Å². The molecule has 0 radical (unpaired) electrons. The Morgan fingerprint density at radius 2 is 1.96 bits per heavy atom. The average molecular weight is 330 g/mol. The number of carbonyl (C=O) groups excluding carboxylic acids is 1. The zero-order chi connectivity index (χ0) is 16.4. The number of hydrogen-bond donors (Lipinski definition) is 0. The zero-order valence-corrected chi connectivity index (χ0v) is 14.6. The summed E-state index contributed by atoms with van der Waals surface area (Å²) < 4.78 is 2.06. The van der Waals surface area contributed by atoms with Crippen molar-refractivity contribution < 1.29 is 4.79 Å². The molecule has 1 aliphatic rings. The lowest BCUT2D eigenvalue weighted by Gasteiger charge is -2.31. The van der Waals surface area contributed by atoms with Crippen molar-refractivity contribution in [3.63, 3.8) is 0 Å². The van der Waals surface area contributed by atoms with Crippen molar-refractivity contribution in [1.29, 1.82) is 0 Å². The van der Waals surface area contributed by atoms with Gasteiger partial charge in [0.25, 0.3) is 0 Å². The van der Waals surface area contributed by atoms with E-state index in [1.54, 1.807) is 11.8 Å². The minimum Gasteiger partial charge on any atom is -0.311 e. The van der Waals surface area contributed by atoms with Crippen molar-refractivity contribution in [3.8, 4) is 0 Å². The van der Waals surface area contributed by atoms with Crippen molar-refractivity contribution in [3.05, 3.63) is 35.7 Å². The number of hydrogen-bond acceptors (Lipinski definition) is 4. The van der Waals surface area contributed by atoms with E-state index < -0.39 is 0 Å². The molecule has 2 heterocycles. The SMILES string of the molecule is CCn1c(C)nnc1SC1CCCN(c2ccc(C)cc2)C1=O. The summed E-state index contributed by atoms with van der Waals surface area (Å²) in [4.78, 5) is 14.8. The molecule has 0 saturated carbocycles. The number of amides is 1. The molecule has 1 fully saturated rings. The third-order valence-corrected chi connectivity index (χ3v) is 5.44. The monoisotopic (exact) mass is 330 g/mol. The van der Waals surface area contributed by atoms with Gasteiger partial charge in [-0.1, -0.05) is 29.5 Å². The second-order valence-corrected chi connectivity index (χ2v) is 7.02. The second kappa shape index (κ2) is 6.74. The Morgan fingerprint density at radius 3 is 2.65 bits per heavy atom. The molecule has 122 valence electrons. The normalized spacial score (nSPS) is 18.5. The van der Waals surface area contributed by atoms with Crippen molar-refractivity contribution in [1.82, 2.24) is 14.8 Å². The topological polar surface area (TPSA) is 51.0 Å². The molecular formula is C17H22N4OS. The first kappa shape index (κ1) is 16.1. The van der Waals surface area contributed by atoms with Gasteiger partial charge < -0.3 is 9.47 Å². The minimum atomic E-state index is -0.0843. The quantitative estimate of drug-likeness (QED) is 0.864. The molecule has 0 N–H and O–H groups in total. The van der Waals surface area contributed by atoms with Crippen LogP contribution in [0.15, 0.2) is 29.4 Å². The van der Waals surface area contributed by atoms with Crippen LogP contribution in [0.3, 0.4) is 0 Å². The molecular weight excluding hydrogens is 308 g/mol. The second-order valence-electron chi connectivity index (χ2n) is 5.85. The number of benzene rings is 1. The Balaban J connectivity index is 1.78. The molecule has 1 amide bonds. The van der Waals surface area contributed by atoms with Gasteiger partial charge in [-0.05, 0) is 45.7 Å². The molecule has 0 aliphatic carbocycles. The number of piperidine rings is 1. The number of anilines is 1. The maximum atomic E-state index is 12.9. The predicted molar refractivity (Wildman–Crippen MR) is 92.8 cm³/mol. The largest absolute Gasteiger partial charge is 0.311 e. The van der Waals surface area contributed by atoms with E-state index in [1.807, 2.05) is 24.0 Å². The smallest absolute Gasteiger partial charge is 0.240 e. The summed E-state index contributed by atoms with van der Waals surface area (Å²) in [5.74, 6) is 1.07. The fraction of sp³-hybridized carbons (Fsp3) is 0.471. The first-order valence-electron chi connectivity index (χ1n) is 8.04. The summed E-state index contributed by atoms with van der Waals surface area (Å²) in [6.07, 6.45) is 1.90. The highest BCUT2D eigenvalue weighted by atomic mass is 32.2. The number of thioether (sulfide) groups is 1. The number of aryl methyl sites for hydroxylation is 2. The highest BCUT2D eigenvalue weighted by molar-refractivity contribution is 8.00. The van der Waals surface area contributed by atoms with E-state index in [2.05, 4.69) is 40.7 Å². The molecule has 23 heavy (non-hydrogen) atoms. The minimum absolute atomic E-state index is 0.0843. The number of rotatable bonds is 4. The van der Waals surface area contributed by atoms with Gasteiger partial charge in [-0.25, -0.2) is 0 Å². The molecule has 2 aromatic rings. The van der Waals surface area contributed by atoms with Crippen LogP contribution in [0.1, 0.15) is 31.2 Å². The third kappa shape index (κ3) is 3.27. The highest BCUT2D eigenvalue weighted by Crippen LogP contribution is 2.32. The molecule has 1 aromatic carbocycles. The summed E-state index contributed by atoms with van der Waals surface area (Å²) in [7, 11) is 0. The van der Waals surface area contributed by atoms with Crippen LogP contribution < -0.4 is 4.90 Å². The fourth-order valence-electron chi connectivity index (χ4n) is 2.87. The maximum Gasteiger partial charge on any atom is 0.240 e.